The number of esters is 1. The topological polar surface area (TPSA) is 57.1 Å². The summed E-state index contributed by atoms with van der Waals surface area (Å²) in [6, 6.07) is 19.6. The maximum atomic E-state index is 11.7. The van der Waals surface area contributed by atoms with Crippen LogP contribution in [0.4, 0.5) is 0 Å². The summed E-state index contributed by atoms with van der Waals surface area (Å²) >= 11 is 0. The molecule has 0 saturated heterocycles. The molecule has 1 atom stereocenters. The molecule has 0 radical (unpaired) electrons. The molecular weight excluding hydrogens is 390 g/mol. The molecule has 1 unspecified atom stereocenters. The highest BCUT2D eigenvalue weighted by Crippen LogP contribution is 2.23. The van der Waals surface area contributed by atoms with Crippen molar-refractivity contribution in [1.82, 2.24) is 0 Å². The zero-order valence-electron chi connectivity index (χ0n) is 18.6. The van der Waals surface area contributed by atoms with Gasteiger partial charge in [0.2, 0.25) is 0 Å². The van der Waals surface area contributed by atoms with Crippen LogP contribution >= 0.6 is 0 Å². The molecule has 5 heteroatoms. The number of hydrogen-bond donors (Lipinski definition) is 0. The van der Waals surface area contributed by atoms with Crippen LogP contribution in [0.1, 0.15) is 63.4 Å². The number of nitrogens with zero attached hydrogens (tertiary/aromatic N) is 1. The average molecular weight is 426 g/mol. The lowest BCUT2D eigenvalue weighted by atomic mass is 9.93. The number of hydrogen-bond acceptors (Lipinski definition) is 5. The van der Waals surface area contributed by atoms with Crippen molar-refractivity contribution in [3.05, 3.63) is 66.2 Å². The van der Waals surface area contributed by atoms with Crippen molar-refractivity contribution < 1.29 is 19.1 Å². The van der Waals surface area contributed by atoms with E-state index in [4.69, 9.17) is 14.3 Å². The van der Waals surface area contributed by atoms with Crippen LogP contribution in [0.5, 0.6) is 5.75 Å². The van der Waals surface area contributed by atoms with Gasteiger partial charge in [0.05, 0.1) is 6.21 Å². The summed E-state index contributed by atoms with van der Waals surface area (Å²) in [4.78, 5) is 17.2. The van der Waals surface area contributed by atoms with E-state index in [0.29, 0.717) is 18.3 Å². The second-order valence-corrected chi connectivity index (χ2v) is 7.53. The van der Waals surface area contributed by atoms with Gasteiger partial charge in [0.15, 0.2) is 6.61 Å². The summed E-state index contributed by atoms with van der Waals surface area (Å²) in [5.41, 5.74) is 1.27. The molecule has 0 N–H and O–H groups in total. The van der Waals surface area contributed by atoms with Gasteiger partial charge in [-0.3, -0.25) is 0 Å². The molecule has 0 spiro atoms. The number of carbonyl (C=O) groups is 1. The predicted molar refractivity (Wildman–Crippen MR) is 125 cm³/mol. The summed E-state index contributed by atoms with van der Waals surface area (Å²) in [7, 11) is 0. The minimum atomic E-state index is -0.444. The smallest absolute Gasteiger partial charge is 0.344 e. The highest BCUT2D eigenvalue weighted by atomic mass is 16.6. The third kappa shape index (κ3) is 11.2. The van der Waals surface area contributed by atoms with E-state index in [-0.39, 0.29) is 13.2 Å². The van der Waals surface area contributed by atoms with E-state index >= 15 is 0 Å². The van der Waals surface area contributed by atoms with Crippen molar-refractivity contribution in [3.63, 3.8) is 0 Å². The van der Waals surface area contributed by atoms with Crippen LogP contribution in [0.15, 0.2) is 65.8 Å². The lowest BCUT2D eigenvalue weighted by Crippen LogP contribution is -2.16. The fraction of sp³-hybridized carbons (Fsp3) is 0.462. The van der Waals surface area contributed by atoms with E-state index in [2.05, 4.69) is 36.3 Å². The highest BCUT2D eigenvalue weighted by molar-refractivity contribution is 5.73. The Morgan fingerprint density at radius 2 is 1.61 bits per heavy atom. The number of ether oxygens (including phenoxy) is 2. The predicted octanol–water partition coefficient (Wildman–Crippen LogP) is 6.15. The Kier molecular flexibility index (Phi) is 12.6. The first-order valence-corrected chi connectivity index (χ1v) is 11.3. The van der Waals surface area contributed by atoms with Gasteiger partial charge in [-0.1, -0.05) is 99.1 Å². The van der Waals surface area contributed by atoms with Crippen molar-refractivity contribution in [3.8, 4) is 5.75 Å². The molecule has 0 aliphatic rings. The molecule has 168 valence electrons. The fourth-order valence-corrected chi connectivity index (χ4v) is 3.29. The Bertz CT molecular complexity index is 734. The van der Waals surface area contributed by atoms with Crippen LogP contribution in [0, 0.1) is 0 Å². The molecule has 0 aromatic heterocycles. The van der Waals surface area contributed by atoms with E-state index < -0.39 is 5.97 Å². The van der Waals surface area contributed by atoms with Gasteiger partial charge in [-0.05, 0) is 24.1 Å². The Balaban J connectivity index is 1.64. The van der Waals surface area contributed by atoms with Crippen LogP contribution in [0.2, 0.25) is 0 Å². The maximum Gasteiger partial charge on any atom is 0.344 e. The Hall–Kier alpha value is -2.82. The van der Waals surface area contributed by atoms with Crippen molar-refractivity contribution in [1.29, 1.82) is 0 Å². The van der Waals surface area contributed by atoms with Crippen LogP contribution in [-0.2, 0) is 14.4 Å². The fourth-order valence-electron chi connectivity index (χ4n) is 3.29. The van der Waals surface area contributed by atoms with E-state index in [1.54, 1.807) is 12.1 Å². The maximum absolute atomic E-state index is 11.7. The van der Waals surface area contributed by atoms with E-state index in [0.717, 1.165) is 6.42 Å². The van der Waals surface area contributed by atoms with Gasteiger partial charge >= 0.3 is 5.97 Å². The molecule has 0 bridgehead atoms. The van der Waals surface area contributed by atoms with Crippen molar-refractivity contribution in [2.45, 2.75) is 57.8 Å². The lowest BCUT2D eigenvalue weighted by molar-refractivity contribution is -0.144. The molecule has 0 aliphatic heterocycles. The summed E-state index contributed by atoms with van der Waals surface area (Å²) in [5, 5.41) is 3.95. The molecule has 0 fully saturated rings. The number of para-hydroxylation sites is 1. The standard InChI is InChI=1S/C26H35NO4/c1-2-3-4-5-6-9-16-24(23-14-10-7-11-15-23)21-31-27-19-20-29-26(28)22-30-25-17-12-8-13-18-25/h7-8,10-15,17-19,24H,2-6,9,16,20-22H2,1H3. The number of oxime groups is 1. The highest BCUT2D eigenvalue weighted by Gasteiger charge is 2.12. The third-order valence-corrected chi connectivity index (χ3v) is 5.02. The van der Waals surface area contributed by atoms with Crippen LogP contribution in [0.3, 0.4) is 0 Å². The summed E-state index contributed by atoms with van der Waals surface area (Å²) in [6.07, 6.45) is 10.2. The first kappa shape index (κ1) is 24.4. The second kappa shape index (κ2) is 15.9. The van der Waals surface area contributed by atoms with Crippen LogP contribution < -0.4 is 4.74 Å². The molecule has 2 aromatic carbocycles. The van der Waals surface area contributed by atoms with Crippen molar-refractivity contribution in [2.75, 3.05) is 19.8 Å². The van der Waals surface area contributed by atoms with Gasteiger partial charge in [-0.2, -0.15) is 0 Å². The van der Waals surface area contributed by atoms with Gasteiger partial charge in [0.25, 0.3) is 0 Å². The molecule has 0 aliphatic carbocycles. The molecule has 0 amide bonds. The molecule has 0 saturated carbocycles. The molecular formula is C26H35NO4. The Labute approximate surface area is 186 Å². The average Bonchev–Trinajstić information content (AvgIpc) is 2.82. The number of rotatable bonds is 16. The quantitative estimate of drug-likeness (QED) is 0.140. The zero-order chi connectivity index (χ0) is 22.0. The van der Waals surface area contributed by atoms with Gasteiger partial charge < -0.3 is 14.3 Å². The molecule has 31 heavy (non-hydrogen) atoms. The van der Waals surface area contributed by atoms with Crippen molar-refractivity contribution in [2.24, 2.45) is 5.16 Å². The minimum Gasteiger partial charge on any atom is -0.482 e. The number of carbonyl (C=O) groups excluding carboxylic acids is 1. The first-order valence-electron chi connectivity index (χ1n) is 11.3. The van der Waals surface area contributed by atoms with E-state index in [9.17, 15) is 4.79 Å². The molecule has 2 rings (SSSR count). The normalized spacial score (nSPS) is 11.9. The van der Waals surface area contributed by atoms with E-state index in [1.165, 1.54) is 50.3 Å². The largest absolute Gasteiger partial charge is 0.482 e. The van der Waals surface area contributed by atoms with Gasteiger partial charge in [-0.15, -0.1) is 0 Å². The number of benzene rings is 2. The first-order chi connectivity index (χ1) is 15.3. The third-order valence-electron chi connectivity index (χ3n) is 5.02. The monoisotopic (exact) mass is 425 g/mol. The van der Waals surface area contributed by atoms with Gasteiger partial charge in [0.1, 0.15) is 19.0 Å². The van der Waals surface area contributed by atoms with Crippen LogP contribution in [-0.4, -0.2) is 32.0 Å². The molecule has 0 heterocycles. The Morgan fingerprint density at radius 1 is 0.935 bits per heavy atom. The van der Waals surface area contributed by atoms with Gasteiger partial charge in [-0.25, -0.2) is 4.79 Å². The summed E-state index contributed by atoms with van der Waals surface area (Å²) < 4.78 is 10.4. The van der Waals surface area contributed by atoms with Gasteiger partial charge in [0, 0.05) is 5.92 Å². The summed E-state index contributed by atoms with van der Waals surface area (Å²) in [5.74, 6) is 0.501. The SMILES string of the molecule is CCCCCCCCC(CON=CCOC(=O)COc1ccccc1)c1ccccc1. The molecule has 5 nitrogen and oxygen atoms in total. The molecule has 2 aromatic rings. The van der Waals surface area contributed by atoms with E-state index in [1.807, 2.05) is 24.3 Å². The van der Waals surface area contributed by atoms with Crippen LogP contribution in [0.25, 0.3) is 0 Å². The Morgan fingerprint density at radius 3 is 2.35 bits per heavy atom. The van der Waals surface area contributed by atoms with Crippen molar-refractivity contribution >= 4 is 12.2 Å². The zero-order valence-corrected chi connectivity index (χ0v) is 18.6. The number of unbranched alkanes of at least 4 members (excludes halogenated alkanes) is 5. The summed E-state index contributed by atoms with van der Waals surface area (Å²) in [6.45, 7) is 2.68. The lowest BCUT2D eigenvalue weighted by Gasteiger charge is -2.16. The minimum absolute atomic E-state index is 0.0599. The second-order valence-electron chi connectivity index (χ2n) is 7.53.